The number of benzene rings is 1. The predicted molar refractivity (Wildman–Crippen MR) is 73.9 cm³/mol. The van der Waals surface area contributed by atoms with Gasteiger partial charge in [0.1, 0.15) is 0 Å². The number of fused-ring (bicyclic) bond motifs is 1. The molecule has 0 saturated carbocycles. The van der Waals surface area contributed by atoms with E-state index in [2.05, 4.69) is 19.7 Å². The van der Waals surface area contributed by atoms with Gasteiger partial charge in [-0.3, -0.25) is 4.72 Å². The molecule has 0 aliphatic heterocycles. The van der Waals surface area contributed by atoms with Crippen LogP contribution in [0.25, 0.3) is 11.0 Å². The van der Waals surface area contributed by atoms with E-state index in [0.29, 0.717) is 11.0 Å². The van der Waals surface area contributed by atoms with E-state index in [9.17, 15) is 17.6 Å². The van der Waals surface area contributed by atoms with Crippen molar-refractivity contribution in [3.05, 3.63) is 53.0 Å². The molecule has 0 saturated heterocycles. The number of aromatic amines is 2. The highest BCUT2D eigenvalue weighted by atomic mass is 32.2. The molecule has 2 aromatic heterocycles. The van der Waals surface area contributed by atoms with Crippen LogP contribution in [-0.2, 0) is 10.0 Å². The summed E-state index contributed by atoms with van der Waals surface area (Å²) in [7, 11) is -3.86. The van der Waals surface area contributed by atoms with Crippen molar-refractivity contribution in [2.75, 3.05) is 4.72 Å². The Morgan fingerprint density at radius 2 is 1.86 bits per heavy atom. The zero-order valence-corrected chi connectivity index (χ0v) is 11.2. The molecule has 7 nitrogen and oxygen atoms in total. The maximum absolute atomic E-state index is 12.7. The highest BCUT2D eigenvalue weighted by Crippen LogP contribution is 2.18. The summed E-state index contributed by atoms with van der Waals surface area (Å²) in [5.41, 5.74) is 0.594. The topological polar surface area (TPSA) is 108 Å². The van der Waals surface area contributed by atoms with Gasteiger partial charge >= 0.3 is 5.69 Å². The third kappa shape index (κ3) is 2.63. The Kier molecular flexibility index (Phi) is 2.98. The van der Waals surface area contributed by atoms with Gasteiger partial charge in [-0.1, -0.05) is 0 Å². The number of pyridine rings is 1. The van der Waals surface area contributed by atoms with E-state index in [1.807, 2.05) is 0 Å². The van der Waals surface area contributed by atoms with Crippen molar-refractivity contribution in [1.29, 1.82) is 0 Å². The van der Waals surface area contributed by atoms with Gasteiger partial charge in [0.15, 0.2) is 0 Å². The fourth-order valence-corrected chi connectivity index (χ4v) is 2.90. The van der Waals surface area contributed by atoms with Gasteiger partial charge in [-0.15, -0.1) is 0 Å². The molecule has 0 fully saturated rings. The fraction of sp³-hybridized carbons (Fsp3) is 0. The molecule has 0 amide bonds. The first-order valence-corrected chi connectivity index (χ1v) is 7.29. The van der Waals surface area contributed by atoms with E-state index in [-0.39, 0.29) is 10.6 Å². The summed E-state index contributed by atoms with van der Waals surface area (Å²) < 4.78 is 39.4. The second kappa shape index (κ2) is 4.70. The van der Waals surface area contributed by atoms with Gasteiger partial charge < -0.3 is 9.97 Å². The molecule has 1 aromatic carbocycles. The van der Waals surface area contributed by atoms with Crippen LogP contribution in [0.2, 0.25) is 0 Å². The molecule has 3 rings (SSSR count). The van der Waals surface area contributed by atoms with Gasteiger partial charge in [0.25, 0.3) is 10.0 Å². The van der Waals surface area contributed by atoms with Gasteiger partial charge in [-0.2, -0.15) is 4.39 Å². The van der Waals surface area contributed by atoms with Crippen molar-refractivity contribution in [2.24, 2.45) is 0 Å². The van der Waals surface area contributed by atoms with Crippen LogP contribution in [0, 0.1) is 5.95 Å². The van der Waals surface area contributed by atoms with Crippen LogP contribution in [0.3, 0.4) is 0 Å². The van der Waals surface area contributed by atoms with Crippen molar-refractivity contribution in [1.82, 2.24) is 15.0 Å². The molecule has 2 heterocycles. The molecule has 0 aliphatic rings. The quantitative estimate of drug-likeness (QED) is 0.632. The zero-order chi connectivity index (χ0) is 15.0. The first kappa shape index (κ1) is 13.3. The summed E-state index contributed by atoms with van der Waals surface area (Å²) in [6, 6.07) is 6.46. The lowest BCUT2D eigenvalue weighted by molar-refractivity contribution is 0.583. The molecule has 0 radical (unpaired) electrons. The van der Waals surface area contributed by atoms with Gasteiger partial charge in [0.2, 0.25) is 5.95 Å². The second-order valence-corrected chi connectivity index (χ2v) is 5.94. The number of aromatic nitrogens is 3. The smallest absolute Gasteiger partial charge is 0.306 e. The number of sulfonamides is 1. The van der Waals surface area contributed by atoms with Gasteiger partial charge in [-0.25, -0.2) is 18.2 Å². The van der Waals surface area contributed by atoms with Crippen LogP contribution in [0.4, 0.5) is 10.1 Å². The highest BCUT2D eigenvalue weighted by molar-refractivity contribution is 7.92. The van der Waals surface area contributed by atoms with Crippen molar-refractivity contribution < 1.29 is 12.8 Å². The molecule has 0 bridgehead atoms. The minimum absolute atomic E-state index is 0.0328. The summed E-state index contributed by atoms with van der Waals surface area (Å²) in [6.45, 7) is 0. The molecule has 0 aliphatic carbocycles. The molecule has 0 spiro atoms. The zero-order valence-electron chi connectivity index (χ0n) is 10.4. The maximum atomic E-state index is 12.7. The van der Waals surface area contributed by atoms with Gasteiger partial charge in [0, 0.05) is 0 Å². The van der Waals surface area contributed by atoms with E-state index in [4.69, 9.17) is 0 Å². The summed E-state index contributed by atoms with van der Waals surface area (Å²) >= 11 is 0. The van der Waals surface area contributed by atoms with Crippen LogP contribution in [0.15, 0.2) is 46.2 Å². The number of imidazole rings is 1. The summed E-state index contributed by atoms with van der Waals surface area (Å²) in [4.78, 5) is 19.5. The van der Waals surface area contributed by atoms with Crippen LogP contribution in [0.1, 0.15) is 0 Å². The SMILES string of the molecule is O=c1[nH]c2ccc(S(=O)(=O)Nc3ccc(F)nc3)cc2[nH]1. The number of nitrogens with zero attached hydrogens (tertiary/aromatic N) is 1. The molecule has 0 unspecified atom stereocenters. The number of halogens is 1. The highest BCUT2D eigenvalue weighted by Gasteiger charge is 2.15. The first-order valence-electron chi connectivity index (χ1n) is 5.80. The molecular weight excluding hydrogens is 299 g/mol. The van der Waals surface area contributed by atoms with E-state index < -0.39 is 21.7 Å². The summed E-state index contributed by atoms with van der Waals surface area (Å²) in [5, 5.41) is 0. The molecule has 108 valence electrons. The third-order valence-electron chi connectivity index (χ3n) is 2.78. The summed E-state index contributed by atoms with van der Waals surface area (Å²) in [6.07, 6.45) is 1.07. The lowest BCUT2D eigenvalue weighted by atomic mass is 10.3. The Hall–Kier alpha value is -2.68. The van der Waals surface area contributed by atoms with E-state index in [1.165, 1.54) is 24.3 Å². The normalized spacial score (nSPS) is 11.7. The van der Waals surface area contributed by atoms with E-state index in [0.717, 1.165) is 12.3 Å². The van der Waals surface area contributed by atoms with Crippen LogP contribution in [-0.4, -0.2) is 23.4 Å². The molecule has 21 heavy (non-hydrogen) atoms. The second-order valence-electron chi connectivity index (χ2n) is 4.26. The molecule has 0 atom stereocenters. The Labute approximate surface area is 117 Å². The molecular formula is C12H9FN4O3S. The maximum Gasteiger partial charge on any atom is 0.323 e. The lowest BCUT2D eigenvalue weighted by Gasteiger charge is -2.07. The molecule has 3 aromatic rings. The fourth-order valence-electron chi connectivity index (χ4n) is 1.83. The average molecular weight is 308 g/mol. The van der Waals surface area contributed by atoms with Crippen molar-refractivity contribution >= 4 is 26.7 Å². The third-order valence-corrected chi connectivity index (χ3v) is 4.16. The number of rotatable bonds is 3. The van der Waals surface area contributed by atoms with Crippen molar-refractivity contribution in [3.63, 3.8) is 0 Å². The average Bonchev–Trinajstić information content (AvgIpc) is 2.80. The van der Waals surface area contributed by atoms with Gasteiger partial charge in [-0.05, 0) is 30.3 Å². The van der Waals surface area contributed by atoms with Crippen molar-refractivity contribution in [3.8, 4) is 0 Å². The van der Waals surface area contributed by atoms with Crippen LogP contribution < -0.4 is 10.4 Å². The number of anilines is 1. The van der Waals surface area contributed by atoms with Crippen molar-refractivity contribution in [2.45, 2.75) is 4.90 Å². The lowest BCUT2D eigenvalue weighted by Crippen LogP contribution is -2.13. The minimum Gasteiger partial charge on any atom is -0.306 e. The number of nitrogens with one attached hydrogen (secondary N) is 3. The standard InChI is InChI=1S/C12H9FN4O3S/c13-11-4-1-7(6-14-11)17-21(19,20)8-2-3-9-10(5-8)16-12(18)15-9/h1-6,17H,(H2,15,16,18). The number of H-pyrrole nitrogens is 2. The minimum atomic E-state index is -3.86. The predicted octanol–water partition coefficient (Wildman–Crippen LogP) is 1.19. The van der Waals surface area contributed by atoms with Crippen LogP contribution >= 0.6 is 0 Å². The van der Waals surface area contributed by atoms with E-state index in [1.54, 1.807) is 0 Å². The molecule has 3 N–H and O–H groups in total. The van der Waals surface area contributed by atoms with Crippen LogP contribution in [0.5, 0.6) is 0 Å². The Balaban J connectivity index is 1.99. The molecule has 9 heteroatoms. The monoisotopic (exact) mass is 308 g/mol. The largest absolute Gasteiger partial charge is 0.323 e. The first-order chi connectivity index (χ1) is 9.94. The van der Waals surface area contributed by atoms with Gasteiger partial charge in [0.05, 0.1) is 27.8 Å². The number of hydrogen-bond acceptors (Lipinski definition) is 4. The van der Waals surface area contributed by atoms with E-state index >= 15 is 0 Å². The number of hydrogen-bond donors (Lipinski definition) is 3. The summed E-state index contributed by atoms with van der Waals surface area (Å²) in [5.74, 6) is -0.704. The Morgan fingerprint density at radius 1 is 1.10 bits per heavy atom. The Bertz CT molecular complexity index is 960. The Morgan fingerprint density at radius 3 is 2.57 bits per heavy atom.